The van der Waals surface area contributed by atoms with Crippen LogP contribution in [0.25, 0.3) is 21.5 Å². The summed E-state index contributed by atoms with van der Waals surface area (Å²) in [5.41, 5.74) is 9.48. The lowest BCUT2D eigenvalue weighted by molar-refractivity contribution is 0.0736. The first-order chi connectivity index (χ1) is 17.1. The Morgan fingerprint density at radius 2 is 1.66 bits per heavy atom. The number of hydrogen-bond donors (Lipinski definition) is 1. The standard InChI is InChI=1S/C29H28N2O4/c1-33-27-14-23-21-12-17-6-5-11-31(17)16-25(21)19-10-9-18(13-22(19)24(23)15-28(27)34-2)35-29(32)20-7-3-4-8-26(20)30/h3-4,7-10,13-15,17H,5-6,11-12,16,30H2,1-2H3/t17-/m1/s1. The van der Waals surface area contributed by atoms with Gasteiger partial charge >= 0.3 is 5.97 Å². The number of ether oxygens (including phenoxy) is 3. The van der Waals surface area contributed by atoms with Crippen molar-refractivity contribution in [2.45, 2.75) is 31.8 Å². The lowest BCUT2D eigenvalue weighted by atomic mass is 9.85. The number of para-hydroxylation sites is 1. The summed E-state index contributed by atoms with van der Waals surface area (Å²) in [5.74, 6) is 1.41. The maximum atomic E-state index is 12.8. The highest BCUT2D eigenvalue weighted by molar-refractivity contribution is 6.12. The van der Waals surface area contributed by atoms with Gasteiger partial charge in [0.15, 0.2) is 11.5 Å². The van der Waals surface area contributed by atoms with E-state index in [-0.39, 0.29) is 0 Å². The van der Waals surface area contributed by atoms with Gasteiger partial charge in [-0.15, -0.1) is 0 Å². The van der Waals surface area contributed by atoms with Crippen molar-refractivity contribution in [3.63, 3.8) is 0 Å². The van der Waals surface area contributed by atoms with Gasteiger partial charge in [0.25, 0.3) is 0 Å². The third-order valence-electron chi connectivity index (χ3n) is 7.51. The Balaban J connectivity index is 1.54. The first-order valence-corrected chi connectivity index (χ1v) is 12.0. The normalized spacial score (nSPS) is 17.3. The molecule has 0 radical (unpaired) electrons. The summed E-state index contributed by atoms with van der Waals surface area (Å²) in [5, 5.41) is 4.46. The fourth-order valence-corrected chi connectivity index (χ4v) is 5.78. The van der Waals surface area contributed by atoms with Crippen LogP contribution in [0.5, 0.6) is 17.2 Å². The fraction of sp³-hybridized carbons (Fsp3) is 0.276. The van der Waals surface area contributed by atoms with Gasteiger partial charge in [-0.05, 0) is 94.9 Å². The van der Waals surface area contributed by atoms with E-state index in [0.717, 1.165) is 36.0 Å². The van der Waals surface area contributed by atoms with Crippen molar-refractivity contribution in [1.29, 1.82) is 0 Å². The lowest BCUT2D eigenvalue weighted by Gasteiger charge is -2.33. The zero-order chi connectivity index (χ0) is 24.1. The number of nitrogens with zero attached hydrogens (tertiary/aromatic N) is 1. The van der Waals surface area contributed by atoms with E-state index in [9.17, 15) is 4.79 Å². The molecule has 6 nitrogen and oxygen atoms in total. The molecule has 2 aliphatic heterocycles. The second-order valence-corrected chi connectivity index (χ2v) is 9.36. The molecule has 1 fully saturated rings. The summed E-state index contributed by atoms with van der Waals surface area (Å²) in [6.07, 6.45) is 3.51. The molecule has 4 aromatic carbocycles. The summed E-state index contributed by atoms with van der Waals surface area (Å²) < 4.78 is 17.1. The zero-order valence-electron chi connectivity index (χ0n) is 20.0. The molecule has 6 rings (SSSR count). The van der Waals surface area contributed by atoms with Crippen molar-refractivity contribution in [2.75, 3.05) is 26.5 Å². The van der Waals surface area contributed by atoms with E-state index in [2.05, 4.69) is 17.0 Å². The summed E-state index contributed by atoms with van der Waals surface area (Å²) in [6, 6.07) is 17.6. The Kier molecular flexibility index (Phi) is 5.26. The SMILES string of the molecule is COc1cc2c3c(c4ccc(OC(=O)c5ccccc5N)cc4c2cc1OC)CN1CCC[C@@H]1C3. The topological polar surface area (TPSA) is 74.0 Å². The monoisotopic (exact) mass is 468 g/mol. The number of rotatable bonds is 4. The van der Waals surface area contributed by atoms with Crippen molar-refractivity contribution < 1.29 is 19.0 Å². The van der Waals surface area contributed by atoms with Gasteiger partial charge in [0.05, 0.1) is 19.8 Å². The number of anilines is 1. The minimum Gasteiger partial charge on any atom is -0.493 e. The van der Waals surface area contributed by atoms with Crippen LogP contribution in [0.15, 0.2) is 54.6 Å². The molecule has 0 unspecified atom stereocenters. The van der Waals surface area contributed by atoms with Crippen LogP contribution in [0.1, 0.15) is 34.3 Å². The first kappa shape index (κ1) is 21.7. The van der Waals surface area contributed by atoms with E-state index < -0.39 is 5.97 Å². The molecule has 35 heavy (non-hydrogen) atoms. The van der Waals surface area contributed by atoms with Crippen molar-refractivity contribution in [2.24, 2.45) is 0 Å². The highest BCUT2D eigenvalue weighted by atomic mass is 16.5. The molecule has 0 aliphatic carbocycles. The predicted octanol–water partition coefficient (Wildman–Crippen LogP) is 5.33. The summed E-state index contributed by atoms with van der Waals surface area (Å²) in [6.45, 7) is 2.07. The molecule has 2 aliphatic rings. The number of fused-ring (bicyclic) bond motifs is 7. The summed E-state index contributed by atoms with van der Waals surface area (Å²) >= 11 is 0. The Morgan fingerprint density at radius 3 is 2.43 bits per heavy atom. The van der Waals surface area contributed by atoms with Crippen molar-refractivity contribution in [1.82, 2.24) is 4.90 Å². The van der Waals surface area contributed by atoms with E-state index in [4.69, 9.17) is 19.9 Å². The third kappa shape index (κ3) is 3.56. The van der Waals surface area contributed by atoms with Crippen LogP contribution in [0.4, 0.5) is 5.69 Å². The second-order valence-electron chi connectivity index (χ2n) is 9.36. The van der Waals surface area contributed by atoms with Crippen LogP contribution in [0.2, 0.25) is 0 Å². The minimum atomic E-state index is -0.469. The highest BCUT2D eigenvalue weighted by Gasteiger charge is 2.32. The van der Waals surface area contributed by atoms with E-state index in [1.54, 1.807) is 38.5 Å². The number of methoxy groups -OCH3 is 2. The van der Waals surface area contributed by atoms with Crippen LogP contribution in [0, 0.1) is 0 Å². The molecule has 0 spiro atoms. The van der Waals surface area contributed by atoms with Crippen LogP contribution in [-0.2, 0) is 13.0 Å². The Hall–Kier alpha value is -3.77. The summed E-state index contributed by atoms with van der Waals surface area (Å²) in [4.78, 5) is 15.4. The molecule has 1 atom stereocenters. The second kappa shape index (κ2) is 8.47. The quantitative estimate of drug-likeness (QED) is 0.189. The number of carbonyl (C=O) groups is 1. The molecule has 2 N–H and O–H groups in total. The fourth-order valence-electron chi connectivity index (χ4n) is 5.78. The molecular weight excluding hydrogens is 440 g/mol. The molecule has 6 heteroatoms. The number of esters is 1. The molecule has 4 aromatic rings. The van der Waals surface area contributed by atoms with E-state index in [1.165, 1.54) is 34.7 Å². The van der Waals surface area contributed by atoms with Gasteiger partial charge in [-0.25, -0.2) is 4.79 Å². The van der Waals surface area contributed by atoms with Crippen LogP contribution < -0.4 is 19.9 Å². The molecular formula is C29H28N2O4. The smallest absolute Gasteiger partial charge is 0.345 e. The third-order valence-corrected chi connectivity index (χ3v) is 7.51. The van der Waals surface area contributed by atoms with Gasteiger partial charge in [0, 0.05) is 18.3 Å². The number of benzene rings is 4. The number of nitrogens with two attached hydrogens (primary N) is 1. The molecule has 0 saturated carbocycles. The summed E-state index contributed by atoms with van der Waals surface area (Å²) in [7, 11) is 3.32. The van der Waals surface area contributed by atoms with Gasteiger partial charge in [-0.2, -0.15) is 0 Å². The van der Waals surface area contributed by atoms with Gasteiger partial charge in [-0.1, -0.05) is 18.2 Å². The predicted molar refractivity (Wildman–Crippen MR) is 138 cm³/mol. The zero-order valence-corrected chi connectivity index (χ0v) is 20.0. The number of hydrogen-bond acceptors (Lipinski definition) is 6. The Labute approximate surface area is 204 Å². The van der Waals surface area contributed by atoms with Crippen LogP contribution >= 0.6 is 0 Å². The molecule has 0 bridgehead atoms. The maximum absolute atomic E-state index is 12.8. The molecule has 0 amide bonds. The largest absolute Gasteiger partial charge is 0.493 e. The minimum absolute atomic E-state index is 0.356. The van der Waals surface area contributed by atoms with Gasteiger partial charge < -0.3 is 19.9 Å². The van der Waals surface area contributed by atoms with Crippen molar-refractivity contribution in [3.05, 3.63) is 71.3 Å². The van der Waals surface area contributed by atoms with Gasteiger partial charge in [-0.3, -0.25) is 4.90 Å². The number of nitrogen functional groups attached to an aromatic ring is 1. The first-order valence-electron chi connectivity index (χ1n) is 12.0. The average molecular weight is 469 g/mol. The average Bonchev–Trinajstić information content (AvgIpc) is 3.34. The maximum Gasteiger partial charge on any atom is 0.345 e. The lowest BCUT2D eigenvalue weighted by Crippen LogP contribution is -2.35. The molecule has 1 saturated heterocycles. The molecule has 178 valence electrons. The van der Waals surface area contributed by atoms with Crippen LogP contribution in [-0.4, -0.2) is 37.7 Å². The van der Waals surface area contributed by atoms with Crippen LogP contribution in [0.3, 0.4) is 0 Å². The number of carbonyl (C=O) groups excluding carboxylic acids is 1. The van der Waals surface area contributed by atoms with Crippen molar-refractivity contribution in [3.8, 4) is 17.2 Å². The Bertz CT molecular complexity index is 1480. The molecule has 2 heterocycles. The van der Waals surface area contributed by atoms with Gasteiger partial charge in [0.1, 0.15) is 5.75 Å². The highest BCUT2D eigenvalue weighted by Crippen LogP contribution is 2.44. The van der Waals surface area contributed by atoms with E-state index >= 15 is 0 Å². The van der Waals surface area contributed by atoms with Crippen molar-refractivity contribution >= 4 is 33.2 Å². The van der Waals surface area contributed by atoms with E-state index in [0.29, 0.717) is 28.8 Å². The molecule has 0 aromatic heterocycles. The Morgan fingerprint density at radius 1 is 0.914 bits per heavy atom. The van der Waals surface area contributed by atoms with E-state index in [1.807, 2.05) is 18.2 Å². The van der Waals surface area contributed by atoms with Gasteiger partial charge in [0.2, 0.25) is 0 Å².